The molecule has 1 aliphatic heterocycles. The van der Waals surface area contributed by atoms with Crippen molar-refractivity contribution in [2.24, 2.45) is 23.2 Å². The molecule has 5 fully saturated rings. The van der Waals surface area contributed by atoms with Crippen molar-refractivity contribution in [1.82, 2.24) is 4.31 Å². The molecule has 1 amide bonds. The molecule has 1 heterocycles. The Morgan fingerprint density at radius 2 is 1.68 bits per heavy atom. The Balaban J connectivity index is 1.33. The predicted octanol–water partition coefficient (Wildman–Crippen LogP) is 4.41. The third kappa shape index (κ3) is 4.11. The molecule has 1 N–H and O–H groups in total. The fourth-order valence-corrected chi connectivity index (χ4v) is 8.95. The molecule has 1 aromatic rings. The van der Waals surface area contributed by atoms with Gasteiger partial charge >= 0.3 is 0 Å². The Hall–Kier alpha value is -1.60. The van der Waals surface area contributed by atoms with E-state index in [2.05, 4.69) is 5.32 Å². The summed E-state index contributed by atoms with van der Waals surface area (Å²) in [6.07, 6.45) is 11.0. The maximum absolute atomic E-state index is 13.2. The first kappa shape index (κ1) is 21.3. The number of methoxy groups -OCH3 is 1. The summed E-state index contributed by atoms with van der Waals surface area (Å²) in [6, 6.07) is 4.96. The van der Waals surface area contributed by atoms with Gasteiger partial charge < -0.3 is 10.1 Å². The fourth-order valence-electron chi connectivity index (χ4n) is 7.25. The summed E-state index contributed by atoms with van der Waals surface area (Å²) in [4.78, 5) is 13.2. The van der Waals surface area contributed by atoms with Gasteiger partial charge in [-0.05, 0) is 92.7 Å². The number of ether oxygens (including phenoxy) is 1. The largest absolute Gasteiger partial charge is 0.495 e. The van der Waals surface area contributed by atoms with Gasteiger partial charge in [-0.2, -0.15) is 4.31 Å². The second-order valence-electron chi connectivity index (χ2n) is 10.5. The second-order valence-corrected chi connectivity index (χ2v) is 12.4. The van der Waals surface area contributed by atoms with Crippen LogP contribution in [0.1, 0.15) is 64.2 Å². The molecule has 0 unspecified atom stereocenters. The number of piperidine rings is 1. The van der Waals surface area contributed by atoms with Gasteiger partial charge in [-0.3, -0.25) is 4.79 Å². The van der Waals surface area contributed by atoms with Crippen LogP contribution in [0.3, 0.4) is 0 Å². The quantitative estimate of drug-likeness (QED) is 0.702. The van der Waals surface area contributed by atoms with Crippen molar-refractivity contribution in [3.63, 3.8) is 0 Å². The van der Waals surface area contributed by atoms with Crippen molar-refractivity contribution in [1.29, 1.82) is 0 Å². The molecule has 6 nitrogen and oxygen atoms in total. The number of hydrogen-bond acceptors (Lipinski definition) is 4. The van der Waals surface area contributed by atoms with E-state index in [1.807, 2.05) is 0 Å². The van der Waals surface area contributed by atoms with E-state index >= 15 is 0 Å². The zero-order chi connectivity index (χ0) is 21.6. The molecular weight excluding hydrogens is 412 g/mol. The second kappa shape index (κ2) is 8.07. The topological polar surface area (TPSA) is 75.7 Å². The minimum absolute atomic E-state index is 0.00781. The summed E-state index contributed by atoms with van der Waals surface area (Å²) in [6.45, 7) is 1.07. The molecule has 0 atom stereocenters. The van der Waals surface area contributed by atoms with Crippen LogP contribution in [0.15, 0.2) is 23.1 Å². The third-order valence-electron chi connectivity index (χ3n) is 8.08. The molecule has 4 saturated carbocycles. The van der Waals surface area contributed by atoms with Crippen LogP contribution in [0, 0.1) is 23.2 Å². The van der Waals surface area contributed by atoms with Gasteiger partial charge in [0.2, 0.25) is 15.9 Å². The van der Waals surface area contributed by atoms with Gasteiger partial charge in [0, 0.05) is 25.2 Å². The Morgan fingerprint density at radius 1 is 1.06 bits per heavy atom. The zero-order valence-corrected chi connectivity index (χ0v) is 19.3. The Labute approximate surface area is 185 Å². The Kier molecular flexibility index (Phi) is 5.53. The highest BCUT2D eigenvalue weighted by Gasteiger charge is 2.51. The minimum atomic E-state index is -3.65. The number of benzene rings is 1. The maximum Gasteiger partial charge on any atom is 0.246 e. The number of rotatable bonds is 6. The number of sulfonamides is 1. The van der Waals surface area contributed by atoms with Gasteiger partial charge in [0.15, 0.2) is 0 Å². The van der Waals surface area contributed by atoms with E-state index < -0.39 is 10.0 Å². The molecular formula is C24H34N2O4S. The number of carbonyl (C=O) groups is 1. The summed E-state index contributed by atoms with van der Waals surface area (Å²) < 4.78 is 33.4. The highest BCUT2D eigenvalue weighted by molar-refractivity contribution is 7.89. The molecule has 0 spiro atoms. The van der Waals surface area contributed by atoms with Crippen molar-refractivity contribution in [2.75, 3.05) is 25.5 Å². The molecule has 6 rings (SSSR count). The standard InChI is InChI=1S/C24H34N2O4S/c1-30-21-6-5-20(12-22(21)31(28,29)26-7-3-2-4-8-26)25-23(27)16-24-13-17-9-18(14-24)11-19(10-17)15-24/h5-6,12,17-19H,2-4,7-11,13-16H2,1H3,(H,25,27). The summed E-state index contributed by atoms with van der Waals surface area (Å²) >= 11 is 0. The Morgan fingerprint density at radius 3 is 2.26 bits per heavy atom. The monoisotopic (exact) mass is 446 g/mol. The highest BCUT2D eigenvalue weighted by Crippen LogP contribution is 2.61. The predicted molar refractivity (Wildman–Crippen MR) is 119 cm³/mol. The number of carbonyl (C=O) groups excluding carboxylic acids is 1. The lowest BCUT2D eigenvalue weighted by Gasteiger charge is -2.56. The molecule has 1 aromatic carbocycles. The highest BCUT2D eigenvalue weighted by atomic mass is 32.2. The van der Waals surface area contributed by atoms with Crippen molar-refractivity contribution in [2.45, 2.75) is 69.1 Å². The van der Waals surface area contributed by atoms with Crippen molar-refractivity contribution < 1.29 is 17.9 Å². The lowest BCUT2D eigenvalue weighted by Crippen LogP contribution is -2.47. The SMILES string of the molecule is COc1ccc(NC(=O)CC23CC4CC(CC(C4)C2)C3)cc1S(=O)(=O)N1CCCCC1. The van der Waals surface area contributed by atoms with Crippen LogP contribution in [0.2, 0.25) is 0 Å². The van der Waals surface area contributed by atoms with Gasteiger partial charge in [0.05, 0.1) is 7.11 Å². The van der Waals surface area contributed by atoms with Crippen LogP contribution in [-0.4, -0.2) is 38.8 Å². The molecule has 5 aliphatic rings. The van der Waals surface area contributed by atoms with E-state index in [0.29, 0.717) is 30.9 Å². The fraction of sp³-hybridized carbons (Fsp3) is 0.708. The number of nitrogens with zero attached hydrogens (tertiary/aromatic N) is 1. The molecule has 7 heteroatoms. The molecule has 4 bridgehead atoms. The summed E-state index contributed by atoms with van der Waals surface area (Å²) in [7, 11) is -2.17. The average Bonchev–Trinajstić information content (AvgIpc) is 2.73. The average molecular weight is 447 g/mol. The van der Waals surface area contributed by atoms with Crippen LogP contribution in [0.25, 0.3) is 0 Å². The number of anilines is 1. The minimum Gasteiger partial charge on any atom is -0.495 e. The summed E-state index contributed by atoms with van der Waals surface area (Å²) in [5, 5.41) is 3.01. The zero-order valence-electron chi connectivity index (χ0n) is 18.4. The lowest BCUT2D eigenvalue weighted by molar-refractivity contribution is -0.124. The van der Waals surface area contributed by atoms with Gasteiger partial charge in [-0.25, -0.2) is 8.42 Å². The van der Waals surface area contributed by atoms with Crippen LogP contribution >= 0.6 is 0 Å². The smallest absolute Gasteiger partial charge is 0.246 e. The molecule has 4 aliphatic carbocycles. The molecule has 0 aromatic heterocycles. The number of amides is 1. The molecule has 0 radical (unpaired) electrons. The molecule has 170 valence electrons. The van der Waals surface area contributed by atoms with Crippen molar-refractivity contribution in [3.8, 4) is 5.75 Å². The first-order chi connectivity index (χ1) is 14.9. The van der Waals surface area contributed by atoms with E-state index in [0.717, 1.165) is 37.0 Å². The van der Waals surface area contributed by atoms with E-state index in [4.69, 9.17) is 4.74 Å². The first-order valence-electron chi connectivity index (χ1n) is 11.8. The van der Waals surface area contributed by atoms with Crippen molar-refractivity contribution >= 4 is 21.6 Å². The van der Waals surface area contributed by atoms with Gasteiger partial charge in [-0.15, -0.1) is 0 Å². The van der Waals surface area contributed by atoms with E-state index in [9.17, 15) is 13.2 Å². The first-order valence-corrected chi connectivity index (χ1v) is 13.3. The molecule has 1 saturated heterocycles. The third-order valence-corrected chi connectivity index (χ3v) is 10.0. The number of nitrogens with one attached hydrogen (secondary N) is 1. The normalized spacial score (nSPS) is 32.7. The van der Waals surface area contributed by atoms with Gasteiger partial charge in [0.1, 0.15) is 10.6 Å². The van der Waals surface area contributed by atoms with E-state index in [-0.39, 0.29) is 16.2 Å². The summed E-state index contributed by atoms with van der Waals surface area (Å²) in [5.74, 6) is 2.75. The van der Waals surface area contributed by atoms with Gasteiger partial charge in [0.25, 0.3) is 0 Å². The van der Waals surface area contributed by atoms with Crippen LogP contribution in [0.5, 0.6) is 5.75 Å². The Bertz CT molecular complexity index is 917. The summed E-state index contributed by atoms with van der Waals surface area (Å²) in [5.41, 5.74) is 0.694. The van der Waals surface area contributed by atoms with Crippen LogP contribution in [-0.2, 0) is 14.8 Å². The van der Waals surface area contributed by atoms with Crippen LogP contribution in [0.4, 0.5) is 5.69 Å². The maximum atomic E-state index is 13.2. The van der Waals surface area contributed by atoms with Crippen molar-refractivity contribution in [3.05, 3.63) is 18.2 Å². The van der Waals surface area contributed by atoms with E-state index in [1.165, 1.54) is 49.9 Å². The molecule has 31 heavy (non-hydrogen) atoms. The number of hydrogen-bond donors (Lipinski definition) is 1. The lowest BCUT2D eigenvalue weighted by atomic mass is 9.49. The van der Waals surface area contributed by atoms with Gasteiger partial charge in [-0.1, -0.05) is 6.42 Å². The van der Waals surface area contributed by atoms with E-state index in [1.54, 1.807) is 18.2 Å². The van der Waals surface area contributed by atoms with Crippen LogP contribution < -0.4 is 10.1 Å².